The highest BCUT2D eigenvalue weighted by molar-refractivity contribution is 5.85. The quantitative estimate of drug-likeness (QED) is 0.586. The summed E-state index contributed by atoms with van der Waals surface area (Å²) in [5.41, 5.74) is 0.971. The molecule has 3 heteroatoms. The molecule has 67 valence electrons. The van der Waals surface area contributed by atoms with E-state index in [9.17, 15) is 4.79 Å². The van der Waals surface area contributed by atoms with Crippen molar-refractivity contribution in [2.45, 2.75) is 6.92 Å². The summed E-state index contributed by atoms with van der Waals surface area (Å²) in [5, 5.41) is 9.48. The van der Waals surface area contributed by atoms with Crippen molar-refractivity contribution >= 4 is 11.0 Å². The molecule has 1 aromatic carbocycles. The first-order valence-corrected chi connectivity index (χ1v) is 4.08. The van der Waals surface area contributed by atoms with Gasteiger partial charge in [0.2, 0.25) is 0 Å². The Morgan fingerprint density at radius 1 is 1.50 bits per heavy atom. The number of nitriles is 1. The van der Waals surface area contributed by atoms with Crippen molar-refractivity contribution in [2.75, 3.05) is 0 Å². The summed E-state index contributed by atoms with van der Waals surface area (Å²) in [4.78, 5) is 11.0. The van der Waals surface area contributed by atoms with Crippen LogP contribution in [-0.4, -0.2) is 0 Å². The molecule has 1 radical (unpaired) electrons. The fourth-order valence-corrected chi connectivity index (χ4v) is 1.42. The van der Waals surface area contributed by atoms with Crippen molar-refractivity contribution < 1.29 is 4.42 Å². The van der Waals surface area contributed by atoms with Crippen molar-refractivity contribution in [1.29, 1.82) is 5.26 Å². The third-order valence-corrected chi connectivity index (χ3v) is 2.03. The molecule has 0 spiro atoms. The van der Waals surface area contributed by atoms with E-state index in [4.69, 9.17) is 9.68 Å². The molecule has 0 bridgehead atoms. The summed E-state index contributed by atoms with van der Waals surface area (Å²) in [6.45, 7) is 1.86. The molecule has 0 aliphatic carbocycles. The van der Waals surface area contributed by atoms with Gasteiger partial charge in [-0.15, -0.1) is 0 Å². The average Bonchev–Trinajstić information content (AvgIpc) is 2.16. The lowest BCUT2D eigenvalue weighted by Gasteiger charge is -2.00. The smallest absolute Gasteiger partial charge is 0.345 e. The largest absolute Gasteiger partial charge is 0.422 e. The van der Waals surface area contributed by atoms with Crippen LogP contribution in [0.3, 0.4) is 0 Å². The van der Waals surface area contributed by atoms with Crippen LogP contribution in [0.4, 0.5) is 0 Å². The number of hydrogen-bond donors (Lipinski definition) is 0. The van der Waals surface area contributed by atoms with Crippen LogP contribution in [0.25, 0.3) is 11.0 Å². The molecule has 0 unspecified atom stereocenters. The molecule has 0 atom stereocenters. The van der Waals surface area contributed by atoms with Crippen LogP contribution in [-0.2, 0) is 0 Å². The zero-order chi connectivity index (χ0) is 10.1. The van der Waals surface area contributed by atoms with Gasteiger partial charge in [-0.3, -0.25) is 0 Å². The van der Waals surface area contributed by atoms with Gasteiger partial charge < -0.3 is 4.42 Å². The van der Waals surface area contributed by atoms with Gasteiger partial charge in [0.15, 0.2) is 0 Å². The SMILES string of the molecule is Cc1cccc2oc(=O)[c]c(C#N)c12. The lowest BCUT2D eigenvalue weighted by molar-refractivity contribution is 0.559. The Bertz CT molecular complexity index is 590. The summed E-state index contributed by atoms with van der Waals surface area (Å²) >= 11 is 0. The van der Waals surface area contributed by atoms with Crippen molar-refractivity contribution in [1.82, 2.24) is 0 Å². The van der Waals surface area contributed by atoms with Crippen molar-refractivity contribution in [2.24, 2.45) is 0 Å². The number of nitrogens with zero attached hydrogens (tertiary/aromatic N) is 1. The molecule has 0 saturated heterocycles. The van der Waals surface area contributed by atoms with E-state index in [1.807, 2.05) is 19.1 Å². The predicted molar refractivity (Wildman–Crippen MR) is 50.8 cm³/mol. The second-order valence-corrected chi connectivity index (χ2v) is 2.95. The molecule has 3 nitrogen and oxygen atoms in total. The first-order chi connectivity index (χ1) is 6.72. The van der Waals surface area contributed by atoms with Gasteiger partial charge in [-0.1, -0.05) is 12.1 Å². The first kappa shape index (κ1) is 8.52. The van der Waals surface area contributed by atoms with E-state index >= 15 is 0 Å². The summed E-state index contributed by atoms with van der Waals surface area (Å²) in [6.07, 6.45) is 0. The van der Waals surface area contributed by atoms with Crippen LogP contribution in [0.15, 0.2) is 27.4 Å². The Labute approximate surface area is 80.2 Å². The Morgan fingerprint density at radius 3 is 3.00 bits per heavy atom. The highest BCUT2D eigenvalue weighted by Crippen LogP contribution is 2.19. The van der Waals surface area contributed by atoms with Gasteiger partial charge in [-0.2, -0.15) is 5.26 Å². The Hall–Kier alpha value is -2.08. The molecule has 0 N–H and O–H groups in total. The summed E-state index contributed by atoms with van der Waals surface area (Å²) in [7, 11) is 0. The Kier molecular flexibility index (Phi) is 1.83. The molecule has 0 amide bonds. The maximum Gasteiger partial charge on any atom is 0.345 e. The van der Waals surface area contributed by atoms with E-state index in [0.29, 0.717) is 11.0 Å². The minimum absolute atomic E-state index is 0.245. The third kappa shape index (κ3) is 1.17. The van der Waals surface area contributed by atoms with Crippen LogP contribution in [0.1, 0.15) is 11.1 Å². The van der Waals surface area contributed by atoms with Crippen LogP contribution in [0, 0.1) is 24.3 Å². The molecular weight excluding hydrogens is 178 g/mol. The van der Waals surface area contributed by atoms with Gasteiger partial charge in [0.05, 0.1) is 11.6 Å². The van der Waals surface area contributed by atoms with E-state index in [1.165, 1.54) is 0 Å². The molecule has 0 aliphatic heterocycles. The molecule has 0 aliphatic rings. The predicted octanol–water partition coefficient (Wildman–Crippen LogP) is 1.77. The van der Waals surface area contributed by atoms with E-state index in [0.717, 1.165) is 5.56 Å². The zero-order valence-corrected chi connectivity index (χ0v) is 7.50. The summed E-state index contributed by atoms with van der Waals surface area (Å²) in [5.74, 6) is 0. The summed E-state index contributed by atoms with van der Waals surface area (Å²) < 4.78 is 4.92. The van der Waals surface area contributed by atoms with Crippen LogP contribution >= 0.6 is 0 Å². The Balaban J connectivity index is 3.05. The zero-order valence-electron chi connectivity index (χ0n) is 7.50. The molecular formula is C11H6NO2. The van der Waals surface area contributed by atoms with E-state index in [2.05, 4.69) is 6.07 Å². The van der Waals surface area contributed by atoms with Crippen LogP contribution in [0.5, 0.6) is 0 Å². The number of hydrogen-bond acceptors (Lipinski definition) is 3. The lowest BCUT2D eigenvalue weighted by Crippen LogP contribution is -1.99. The molecule has 0 fully saturated rings. The standard InChI is InChI=1S/C11H6NO2/c1-7-3-2-4-9-11(7)8(6-12)5-10(13)14-9/h2-4H,1H3. The lowest BCUT2D eigenvalue weighted by atomic mass is 10.1. The van der Waals surface area contributed by atoms with Crippen LogP contribution < -0.4 is 5.63 Å². The van der Waals surface area contributed by atoms with Crippen LogP contribution in [0.2, 0.25) is 0 Å². The molecule has 1 aromatic heterocycles. The normalized spacial score (nSPS) is 10.0. The average molecular weight is 184 g/mol. The van der Waals surface area contributed by atoms with E-state index < -0.39 is 5.63 Å². The second-order valence-electron chi connectivity index (χ2n) is 2.95. The highest BCUT2D eigenvalue weighted by atomic mass is 16.4. The first-order valence-electron chi connectivity index (χ1n) is 4.08. The number of aryl methyl sites for hydroxylation is 1. The van der Waals surface area contributed by atoms with Gasteiger partial charge in [-0.25, -0.2) is 4.79 Å². The number of rotatable bonds is 0. The van der Waals surface area contributed by atoms with Crippen molar-refractivity contribution in [3.8, 4) is 6.07 Å². The van der Waals surface area contributed by atoms with E-state index in [-0.39, 0.29) is 5.56 Å². The fourth-order valence-electron chi connectivity index (χ4n) is 1.42. The second kappa shape index (κ2) is 3.00. The summed E-state index contributed by atoms with van der Waals surface area (Å²) in [6, 6.07) is 9.60. The molecule has 2 rings (SSSR count). The monoisotopic (exact) mass is 184 g/mol. The topological polar surface area (TPSA) is 54.0 Å². The van der Waals surface area contributed by atoms with Gasteiger partial charge in [0.1, 0.15) is 11.7 Å². The minimum Gasteiger partial charge on any atom is -0.422 e. The van der Waals surface area contributed by atoms with Gasteiger partial charge >= 0.3 is 5.63 Å². The molecule has 0 saturated carbocycles. The number of fused-ring (bicyclic) bond motifs is 1. The minimum atomic E-state index is -0.611. The third-order valence-electron chi connectivity index (χ3n) is 2.03. The Morgan fingerprint density at radius 2 is 2.29 bits per heavy atom. The van der Waals surface area contributed by atoms with Crippen molar-refractivity contribution in [3.63, 3.8) is 0 Å². The van der Waals surface area contributed by atoms with Gasteiger partial charge in [0, 0.05) is 5.39 Å². The maximum atomic E-state index is 11.0. The van der Waals surface area contributed by atoms with Gasteiger partial charge in [0.25, 0.3) is 0 Å². The fraction of sp³-hybridized carbons (Fsp3) is 0.0909. The van der Waals surface area contributed by atoms with Gasteiger partial charge in [-0.05, 0) is 18.6 Å². The molecule has 1 heterocycles. The highest BCUT2D eigenvalue weighted by Gasteiger charge is 2.06. The maximum absolute atomic E-state index is 11.0. The van der Waals surface area contributed by atoms with Crippen molar-refractivity contribution in [3.05, 3.63) is 45.8 Å². The molecule has 2 aromatic rings. The molecule has 14 heavy (non-hydrogen) atoms. The van der Waals surface area contributed by atoms with E-state index in [1.54, 1.807) is 12.1 Å². The number of benzene rings is 1.